The van der Waals surface area contributed by atoms with E-state index in [0.717, 1.165) is 5.69 Å². The van der Waals surface area contributed by atoms with Gasteiger partial charge in [-0.2, -0.15) is 5.26 Å². The minimum atomic E-state index is -0.340. The Hall–Kier alpha value is -1.76. The summed E-state index contributed by atoms with van der Waals surface area (Å²) in [4.78, 5) is 0. The van der Waals surface area contributed by atoms with E-state index < -0.39 is 0 Å². The molecule has 0 aliphatic heterocycles. The molecule has 74 valence electrons. The Bertz CT molecular complexity index is 344. The van der Waals surface area contributed by atoms with Gasteiger partial charge in [0.15, 0.2) is 0 Å². The Morgan fingerprint density at radius 3 is 2.93 bits per heavy atom. The van der Waals surface area contributed by atoms with Gasteiger partial charge in [0.1, 0.15) is 6.07 Å². The van der Waals surface area contributed by atoms with E-state index in [-0.39, 0.29) is 6.67 Å². The van der Waals surface area contributed by atoms with E-state index in [0.29, 0.717) is 24.2 Å². The van der Waals surface area contributed by atoms with E-state index in [2.05, 4.69) is 5.32 Å². The first-order valence-electron chi connectivity index (χ1n) is 4.37. The van der Waals surface area contributed by atoms with Crippen LogP contribution in [0.5, 0.6) is 0 Å². The zero-order valence-corrected chi connectivity index (χ0v) is 7.76. The van der Waals surface area contributed by atoms with E-state index in [1.165, 1.54) is 0 Å². The highest BCUT2D eigenvalue weighted by molar-refractivity contribution is 5.61. The van der Waals surface area contributed by atoms with Gasteiger partial charge in [0.2, 0.25) is 0 Å². The Morgan fingerprint density at radius 2 is 2.29 bits per heavy atom. The quantitative estimate of drug-likeness (QED) is 0.567. The highest BCUT2D eigenvalue weighted by Crippen LogP contribution is 2.16. The van der Waals surface area contributed by atoms with Crippen LogP contribution in [0, 0.1) is 11.3 Å². The average Bonchev–Trinajstić information content (AvgIpc) is 2.21. The Kier molecular flexibility index (Phi) is 3.74. The van der Waals surface area contributed by atoms with E-state index in [4.69, 9.17) is 11.0 Å². The van der Waals surface area contributed by atoms with Crippen LogP contribution in [0.2, 0.25) is 0 Å². The van der Waals surface area contributed by atoms with Gasteiger partial charge in [0, 0.05) is 17.9 Å². The molecule has 1 aromatic carbocycles. The van der Waals surface area contributed by atoms with E-state index in [9.17, 15) is 4.39 Å². The van der Waals surface area contributed by atoms with E-state index in [1.807, 2.05) is 6.07 Å². The molecule has 14 heavy (non-hydrogen) atoms. The number of hydrogen-bond donors (Lipinski definition) is 2. The molecule has 0 atom stereocenters. The van der Waals surface area contributed by atoms with Crippen LogP contribution in [0.3, 0.4) is 0 Å². The van der Waals surface area contributed by atoms with Gasteiger partial charge in [-0.15, -0.1) is 0 Å². The molecule has 1 aromatic rings. The van der Waals surface area contributed by atoms with Gasteiger partial charge in [-0.3, -0.25) is 4.39 Å². The summed E-state index contributed by atoms with van der Waals surface area (Å²) in [6.07, 6.45) is 0.465. The number of nitrogens with two attached hydrogens (primary N) is 1. The summed E-state index contributed by atoms with van der Waals surface area (Å²) in [5.74, 6) is 0. The van der Waals surface area contributed by atoms with Crippen molar-refractivity contribution < 1.29 is 4.39 Å². The normalized spacial score (nSPS) is 9.43. The lowest BCUT2D eigenvalue weighted by atomic mass is 10.2. The molecule has 1 rings (SSSR count). The summed E-state index contributed by atoms with van der Waals surface area (Å²) >= 11 is 0. The minimum absolute atomic E-state index is 0.340. The smallest absolute Gasteiger partial charge is 0.101 e. The molecular weight excluding hydrogens is 181 g/mol. The third kappa shape index (κ3) is 2.63. The lowest BCUT2D eigenvalue weighted by Crippen LogP contribution is -2.02. The van der Waals surface area contributed by atoms with Crippen LogP contribution >= 0.6 is 0 Å². The van der Waals surface area contributed by atoms with Crippen LogP contribution in [-0.4, -0.2) is 13.2 Å². The standard InChI is InChI=1S/C10H12FN3/c11-4-1-5-14-9-2-3-10(13)8(6-9)7-12/h2-3,6,14H,1,4-5,13H2. The highest BCUT2D eigenvalue weighted by atomic mass is 19.1. The number of nitrogens with one attached hydrogen (secondary N) is 1. The molecule has 0 aliphatic rings. The largest absolute Gasteiger partial charge is 0.398 e. The lowest BCUT2D eigenvalue weighted by molar-refractivity contribution is 0.481. The van der Waals surface area contributed by atoms with Crippen LogP contribution in [0.15, 0.2) is 18.2 Å². The van der Waals surface area contributed by atoms with Crippen molar-refractivity contribution in [2.24, 2.45) is 0 Å². The third-order valence-corrected chi connectivity index (χ3v) is 1.81. The zero-order valence-electron chi connectivity index (χ0n) is 7.76. The van der Waals surface area contributed by atoms with Gasteiger partial charge in [-0.05, 0) is 24.6 Å². The second kappa shape index (κ2) is 5.07. The summed E-state index contributed by atoms with van der Waals surface area (Å²) < 4.78 is 11.8. The van der Waals surface area contributed by atoms with Gasteiger partial charge < -0.3 is 11.1 Å². The van der Waals surface area contributed by atoms with E-state index >= 15 is 0 Å². The second-order valence-corrected chi connectivity index (χ2v) is 2.88. The first-order chi connectivity index (χ1) is 6.77. The summed E-state index contributed by atoms with van der Waals surface area (Å²) in [5.41, 5.74) is 7.24. The van der Waals surface area contributed by atoms with Crippen molar-refractivity contribution in [3.8, 4) is 6.07 Å². The lowest BCUT2D eigenvalue weighted by Gasteiger charge is -2.05. The van der Waals surface area contributed by atoms with Crippen molar-refractivity contribution in [2.45, 2.75) is 6.42 Å². The minimum Gasteiger partial charge on any atom is -0.398 e. The second-order valence-electron chi connectivity index (χ2n) is 2.88. The molecule has 0 spiro atoms. The predicted molar refractivity (Wildman–Crippen MR) is 54.7 cm³/mol. The molecule has 0 unspecified atom stereocenters. The van der Waals surface area contributed by atoms with Gasteiger partial charge in [-0.25, -0.2) is 0 Å². The number of benzene rings is 1. The number of nitrogens with zero attached hydrogens (tertiary/aromatic N) is 1. The number of alkyl halides is 1. The average molecular weight is 193 g/mol. The number of anilines is 2. The van der Waals surface area contributed by atoms with Crippen molar-refractivity contribution in [3.05, 3.63) is 23.8 Å². The molecular formula is C10H12FN3. The first kappa shape index (κ1) is 10.3. The topological polar surface area (TPSA) is 61.8 Å². The van der Waals surface area contributed by atoms with Crippen LogP contribution in [0.25, 0.3) is 0 Å². The van der Waals surface area contributed by atoms with Gasteiger partial charge >= 0.3 is 0 Å². The molecule has 0 heterocycles. The first-order valence-corrected chi connectivity index (χ1v) is 4.37. The Labute approximate surface area is 82.3 Å². The molecule has 0 aromatic heterocycles. The summed E-state index contributed by atoms with van der Waals surface area (Å²) in [5, 5.41) is 11.7. The summed E-state index contributed by atoms with van der Waals surface area (Å²) in [7, 11) is 0. The number of nitrogen functional groups attached to an aromatic ring is 1. The van der Waals surface area contributed by atoms with Crippen LogP contribution in [0.1, 0.15) is 12.0 Å². The fraction of sp³-hybridized carbons (Fsp3) is 0.300. The highest BCUT2D eigenvalue weighted by Gasteiger charge is 1.99. The molecule has 0 bridgehead atoms. The summed E-state index contributed by atoms with van der Waals surface area (Å²) in [6.45, 7) is 0.221. The molecule has 0 fully saturated rings. The maximum Gasteiger partial charge on any atom is 0.101 e. The van der Waals surface area contributed by atoms with Crippen LogP contribution in [-0.2, 0) is 0 Å². The molecule has 3 N–H and O–H groups in total. The van der Waals surface area contributed by atoms with Gasteiger partial charge in [0.25, 0.3) is 0 Å². The third-order valence-electron chi connectivity index (χ3n) is 1.81. The SMILES string of the molecule is N#Cc1cc(NCCCF)ccc1N. The van der Waals surface area contributed by atoms with Crippen molar-refractivity contribution in [3.63, 3.8) is 0 Å². The van der Waals surface area contributed by atoms with Gasteiger partial charge in [-0.1, -0.05) is 0 Å². The number of nitriles is 1. The monoisotopic (exact) mass is 193 g/mol. The fourth-order valence-corrected chi connectivity index (χ4v) is 1.06. The molecule has 0 aliphatic carbocycles. The molecule has 0 saturated heterocycles. The number of hydrogen-bond acceptors (Lipinski definition) is 3. The van der Waals surface area contributed by atoms with Crippen LogP contribution in [0.4, 0.5) is 15.8 Å². The number of rotatable bonds is 4. The fourth-order valence-electron chi connectivity index (χ4n) is 1.06. The molecule has 3 nitrogen and oxygen atoms in total. The number of halogens is 1. The Morgan fingerprint density at radius 1 is 1.50 bits per heavy atom. The Balaban J connectivity index is 2.66. The van der Waals surface area contributed by atoms with Crippen molar-refractivity contribution >= 4 is 11.4 Å². The summed E-state index contributed by atoms with van der Waals surface area (Å²) in [6, 6.07) is 7.08. The van der Waals surface area contributed by atoms with Crippen molar-refractivity contribution in [2.75, 3.05) is 24.3 Å². The molecule has 0 amide bonds. The molecule has 0 radical (unpaired) electrons. The van der Waals surface area contributed by atoms with Crippen LogP contribution < -0.4 is 11.1 Å². The maximum atomic E-state index is 11.8. The molecule has 4 heteroatoms. The predicted octanol–water partition coefficient (Wildman–Crippen LogP) is 1.91. The van der Waals surface area contributed by atoms with Gasteiger partial charge in [0.05, 0.1) is 12.2 Å². The van der Waals surface area contributed by atoms with Crippen molar-refractivity contribution in [1.82, 2.24) is 0 Å². The van der Waals surface area contributed by atoms with E-state index in [1.54, 1.807) is 18.2 Å². The zero-order chi connectivity index (χ0) is 10.4. The maximum absolute atomic E-state index is 11.8. The van der Waals surface area contributed by atoms with Crippen molar-refractivity contribution in [1.29, 1.82) is 5.26 Å². The molecule has 0 saturated carbocycles.